The van der Waals surface area contributed by atoms with Crippen molar-refractivity contribution in [2.24, 2.45) is 7.05 Å². The molecular formula is C18H15N3OS. The second-order valence-corrected chi connectivity index (χ2v) is 6.43. The minimum atomic E-state index is -0.101. The van der Waals surface area contributed by atoms with Crippen molar-refractivity contribution in [1.29, 1.82) is 0 Å². The lowest BCUT2D eigenvalue weighted by Crippen LogP contribution is -2.18. The van der Waals surface area contributed by atoms with Gasteiger partial charge in [-0.15, -0.1) is 11.3 Å². The first-order chi connectivity index (χ1) is 11.2. The second kappa shape index (κ2) is 5.21. The molecule has 4 rings (SSSR count). The Labute approximate surface area is 137 Å². The van der Waals surface area contributed by atoms with Crippen LogP contribution < -0.4 is 5.56 Å². The van der Waals surface area contributed by atoms with E-state index in [1.165, 1.54) is 4.52 Å². The number of thiophene rings is 1. The Bertz CT molecular complexity index is 1040. The minimum absolute atomic E-state index is 0.101. The van der Waals surface area contributed by atoms with E-state index in [9.17, 15) is 4.79 Å². The fourth-order valence-electron chi connectivity index (χ4n) is 2.82. The van der Waals surface area contributed by atoms with Crippen LogP contribution >= 0.6 is 11.3 Å². The van der Waals surface area contributed by atoms with Crippen LogP contribution in [0.4, 0.5) is 0 Å². The van der Waals surface area contributed by atoms with E-state index in [2.05, 4.69) is 11.2 Å². The molecule has 0 amide bonds. The van der Waals surface area contributed by atoms with Gasteiger partial charge in [0, 0.05) is 29.2 Å². The van der Waals surface area contributed by atoms with Crippen LogP contribution in [0.2, 0.25) is 0 Å². The Hall–Kier alpha value is -2.66. The molecule has 0 saturated carbocycles. The molecule has 3 heterocycles. The van der Waals surface area contributed by atoms with Crippen LogP contribution in [0.3, 0.4) is 0 Å². The number of nitrogens with zero attached hydrogens (tertiary/aromatic N) is 3. The highest BCUT2D eigenvalue weighted by Gasteiger charge is 2.20. The average Bonchev–Trinajstić information content (AvgIpc) is 3.21. The second-order valence-electron chi connectivity index (χ2n) is 5.49. The van der Waals surface area contributed by atoms with Crippen molar-refractivity contribution >= 4 is 17.0 Å². The highest BCUT2D eigenvalue weighted by molar-refractivity contribution is 7.13. The van der Waals surface area contributed by atoms with Crippen LogP contribution in [-0.2, 0) is 7.05 Å². The molecule has 0 saturated heterocycles. The molecule has 0 aliphatic heterocycles. The van der Waals surface area contributed by atoms with Crippen molar-refractivity contribution in [2.75, 3.05) is 0 Å². The molecule has 5 heteroatoms. The number of hydrogen-bond acceptors (Lipinski definition) is 3. The van der Waals surface area contributed by atoms with Gasteiger partial charge < -0.3 is 4.57 Å². The Morgan fingerprint density at radius 1 is 1.09 bits per heavy atom. The molecule has 0 N–H and O–H groups in total. The van der Waals surface area contributed by atoms with Crippen LogP contribution in [0.25, 0.3) is 27.3 Å². The van der Waals surface area contributed by atoms with E-state index in [4.69, 9.17) is 0 Å². The summed E-state index contributed by atoms with van der Waals surface area (Å²) in [4.78, 5) is 13.5. The highest BCUT2D eigenvalue weighted by atomic mass is 32.1. The van der Waals surface area contributed by atoms with Crippen molar-refractivity contribution in [1.82, 2.24) is 14.2 Å². The summed E-state index contributed by atoms with van der Waals surface area (Å²) in [6.07, 6.45) is 0. The molecule has 114 valence electrons. The maximum absolute atomic E-state index is 12.4. The first-order valence-electron chi connectivity index (χ1n) is 7.35. The van der Waals surface area contributed by atoms with Crippen LogP contribution in [0.1, 0.15) is 5.69 Å². The molecule has 0 fully saturated rings. The largest absolute Gasteiger partial charge is 0.333 e. The molecule has 4 aromatic rings. The lowest BCUT2D eigenvalue weighted by atomic mass is 10.1. The minimum Gasteiger partial charge on any atom is -0.333 e. The topological polar surface area (TPSA) is 39.3 Å². The van der Waals surface area contributed by atoms with Gasteiger partial charge in [-0.3, -0.25) is 4.79 Å². The summed E-state index contributed by atoms with van der Waals surface area (Å²) in [5, 5.41) is 6.67. The van der Waals surface area contributed by atoms with E-state index in [0.29, 0.717) is 0 Å². The van der Waals surface area contributed by atoms with Crippen molar-refractivity contribution in [3.63, 3.8) is 0 Å². The third kappa shape index (κ3) is 2.12. The molecule has 0 bridgehead atoms. The lowest BCUT2D eigenvalue weighted by molar-refractivity contribution is 0.800. The van der Waals surface area contributed by atoms with Gasteiger partial charge in [0.2, 0.25) is 0 Å². The Morgan fingerprint density at radius 2 is 1.87 bits per heavy atom. The zero-order valence-corrected chi connectivity index (χ0v) is 13.7. The molecule has 0 spiro atoms. The first kappa shape index (κ1) is 14.0. The predicted octanol–water partition coefficient (Wildman–Crippen LogP) is 3.74. The maximum Gasteiger partial charge on any atom is 0.274 e. The predicted molar refractivity (Wildman–Crippen MR) is 93.9 cm³/mol. The third-order valence-electron chi connectivity index (χ3n) is 4.06. The summed E-state index contributed by atoms with van der Waals surface area (Å²) in [5.74, 6) is 0. The number of rotatable bonds is 2. The Morgan fingerprint density at radius 3 is 2.57 bits per heavy atom. The highest BCUT2D eigenvalue weighted by Crippen LogP contribution is 2.36. The van der Waals surface area contributed by atoms with Crippen molar-refractivity contribution in [2.45, 2.75) is 6.92 Å². The molecule has 0 radical (unpaired) electrons. The normalized spacial score (nSPS) is 11.2. The number of aromatic nitrogens is 3. The molecule has 0 aliphatic carbocycles. The molecule has 0 unspecified atom stereocenters. The van der Waals surface area contributed by atoms with E-state index < -0.39 is 0 Å². The van der Waals surface area contributed by atoms with Crippen molar-refractivity contribution in [3.8, 4) is 21.7 Å². The van der Waals surface area contributed by atoms with E-state index in [-0.39, 0.29) is 5.56 Å². The molecule has 23 heavy (non-hydrogen) atoms. The van der Waals surface area contributed by atoms with Crippen LogP contribution in [-0.4, -0.2) is 14.2 Å². The molecule has 3 aromatic heterocycles. The van der Waals surface area contributed by atoms with Gasteiger partial charge in [0.15, 0.2) is 0 Å². The molecule has 4 nitrogen and oxygen atoms in total. The van der Waals surface area contributed by atoms with Crippen molar-refractivity contribution in [3.05, 3.63) is 70.0 Å². The zero-order valence-electron chi connectivity index (χ0n) is 12.9. The summed E-state index contributed by atoms with van der Waals surface area (Å²) < 4.78 is 3.53. The fraction of sp³-hybridized carbons (Fsp3) is 0.111. The molecular weight excluding hydrogens is 306 g/mol. The third-order valence-corrected chi connectivity index (χ3v) is 4.95. The van der Waals surface area contributed by atoms with Gasteiger partial charge in [-0.1, -0.05) is 36.4 Å². The van der Waals surface area contributed by atoms with Gasteiger partial charge in [-0.2, -0.15) is 9.61 Å². The van der Waals surface area contributed by atoms with Gasteiger partial charge in [0.05, 0.1) is 5.56 Å². The van der Waals surface area contributed by atoms with E-state index >= 15 is 0 Å². The SMILES string of the molecule is Cc1cc(=O)n2nc(-c3ccccc3)c(-c3cccs3)c2n1C. The van der Waals surface area contributed by atoms with Crippen LogP contribution in [0.5, 0.6) is 0 Å². The zero-order chi connectivity index (χ0) is 16.0. The van der Waals surface area contributed by atoms with Gasteiger partial charge in [0.25, 0.3) is 5.56 Å². The van der Waals surface area contributed by atoms with Gasteiger partial charge in [0.1, 0.15) is 11.3 Å². The summed E-state index contributed by atoms with van der Waals surface area (Å²) >= 11 is 1.66. The van der Waals surface area contributed by atoms with E-state index in [1.54, 1.807) is 17.4 Å². The van der Waals surface area contributed by atoms with E-state index in [1.807, 2.05) is 60.3 Å². The summed E-state index contributed by atoms with van der Waals surface area (Å²) in [6.45, 7) is 1.94. The number of fused-ring (bicyclic) bond motifs is 1. The van der Waals surface area contributed by atoms with Gasteiger partial charge in [-0.05, 0) is 18.4 Å². The van der Waals surface area contributed by atoms with Crippen LogP contribution in [0, 0.1) is 6.92 Å². The standard InChI is InChI=1S/C18H15N3OS/c1-12-11-15(22)21-18(20(12)2)16(14-9-6-10-23-14)17(19-21)13-7-4-3-5-8-13/h3-11H,1-2H3. The van der Waals surface area contributed by atoms with Crippen LogP contribution in [0.15, 0.2) is 58.7 Å². The smallest absolute Gasteiger partial charge is 0.274 e. The molecule has 1 aromatic carbocycles. The summed E-state index contributed by atoms with van der Waals surface area (Å²) in [7, 11) is 1.97. The molecule has 0 aliphatic rings. The van der Waals surface area contributed by atoms with Gasteiger partial charge >= 0.3 is 0 Å². The fourth-order valence-corrected chi connectivity index (χ4v) is 3.59. The lowest BCUT2D eigenvalue weighted by Gasteiger charge is -2.08. The summed E-state index contributed by atoms with van der Waals surface area (Å²) in [6, 6.07) is 15.7. The number of aryl methyl sites for hydroxylation is 2. The van der Waals surface area contributed by atoms with Crippen molar-refractivity contribution < 1.29 is 0 Å². The average molecular weight is 321 g/mol. The summed E-state index contributed by atoms with van der Waals surface area (Å²) in [5.41, 5.74) is 4.50. The Balaban J connectivity index is 2.20. The van der Waals surface area contributed by atoms with E-state index in [0.717, 1.165) is 33.0 Å². The number of benzene rings is 1. The first-order valence-corrected chi connectivity index (χ1v) is 8.23. The molecule has 0 atom stereocenters. The Kier molecular flexibility index (Phi) is 3.16. The maximum atomic E-state index is 12.4. The monoisotopic (exact) mass is 321 g/mol. The number of hydrogen-bond donors (Lipinski definition) is 0. The van der Waals surface area contributed by atoms with Gasteiger partial charge in [-0.25, -0.2) is 0 Å². The quantitative estimate of drug-likeness (QED) is 0.564.